The quantitative estimate of drug-likeness (QED) is 0.788. The molecule has 2 aromatic rings. The Labute approximate surface area is 98.0 Å². The van der Waals surface area contributed by atoms with Crippen molar-refractivity contribution in [1.29, 1.82) is 0 Å². The van der Waals surface area contributed by atoms with E-state index in [1.54, 1.807) is 10.8 Å². The van der Waals surface area contributed by atoms with E-state index in [4.69, 9.17) is 5.11 Å². The number of aliphatic hydroxyl groups excluding tert-OH is 2. The Morgan fingerprint density at radius 2 is 2.12 bits per heavy atom. The van der Waals surface area contributed by atoms with Gasteiger partial charge in [-0.2, -0.15) is 0 Å². The highest BCUT2D eigenvalue weighted by molar-refractivity contribution is 5.70. The fraction of sp³-hybridized carbons (Fsp3) is 0.545. The Balaban J connectivity index is 2.14. The molecule has 0 radical (unpaired) electrons. The summed E-state index contributed by atoms with van der Waals surface area (Å²) in [6, 6.07) is 0. The minimum atomic E-state index is -0.158. The van der Waals surface area contributed by atoms with Gasteiger partial charge in [0.05, 0.1) is 12.8 Å². The van der Waals surface area contributed by atoms with Crippen molar-refractivity contribution in [3.8, 4) is 0 Å². The van der Waals surface area contributed by atoms with E-state index in [1.165, 1.54) is 0 Å². The molecule has 2 aromatic heterocycles. The smallest absolute Gasteiger partial charge is 0.163 e. The maximum Gasteiger partial charge on any atom is 0.163 e. The van der Waals surface area contributed by atoms with Crippen LogP contribution < -0.4 is 0 Å². The van der Waals surface area contributed by atoms with Gasteiger partial charge in [0, 0.05) is 12.5 Å². The molecule has 1 saturated carbocycles. The van der Waals surface area contributed by atoms with Gasteiger partial charge in [-0.25, -0.2) is 15.0 Å². The first-order valence-corrected chi connectivity index (χ1v) is 5.77. The summed E-state index contributed by atoms with van der Waals surface area (Å²) >= 11 is 0. The number of rotatable bonds is 4. The number of nitrogens with zero attached hydrogens (tertiary/aromatic N) is 4. The lowest BCUT2D eigenvalue weighted by atomic mass is 10.4. The van der Waals surface area contributed by atoms with Crippen LogP contribution in [-0.4, -0.2) is 36.3 Å². The highest BCUT2D eigenvalue weighted by Crippen LogP contribution is 2.38. The van der Waals surface area contributed by atoms with E-state index in [1.807, 2.05) is 0 Å². The zero-order chi connectivity index (χ0) is 11.8. The molecule has 90 valence electrons. The molecule has 6 nitrogen and oxygen atoms in total. The molecule has 1 fully saturated rings. The van der Waals surface area contributed by atoms with E-state index in [-0.39, 0.29) is 13.2 Å². The molecule has 1 aliphatic rings. The van der Waals surface area contributed by atoms with Gasteiger partial charge in [-0.1, -0.05) is 0 Å². The predicted molar refractivity (Wildman–Crippen MR) is 60.3 cm³/mol. The van der Waals surface area contributed by atoms with Gasteiger partial charge < -0.3 is 14.8 Å². The zero-order valence-electron chi connectivity index (χ0n) is 9.37. The van der Waals surface area contributed by atoms with E-state index < -0.39 is 0 Å². The van der Waals surface area contributed by atoms with Crippen LogP contribution >= 0.6 is 0 Å². The van der Waals surface area contributed by atoms with Gasteiger partial charge in [0.1, 0.15) is 23.8 Å². The van der Waals surface area contributed by atoms with Gasteiger partial charge in [0.25, 0.3) is 0 Å². The second kappa shape index (κ2) is 4.05. The molecule has 0 amide bonds. The molecule has 6 heteroatoms. The molecule has 17 heavy (non-hydrogen) atoms. The average molecular weight is 234 g/mol. The Bertz CT molecular complexity index is 548. The normalized spacial score (nSPS) is 15.6. The summed E-state index contributed by atoms with van der Waals surface area (Å²) in [6.45, 7) is 0.240. The van der Waals surface area contributed by atoms with Crippen LogP contribution in [0.5, 0.6) is 0 Å². The lowest BCUT2D eigenvalue weighted by Crippen LogP contribution is -2.08. The molecule has 0 spiro atoms. The standard InChI is InChI=1S/C11H14N4O2/c16-4-3-15-9(6-17)13-8-5-12-10(7-1-2-7)14-11(8)15/h5,7,16-17H,1-4,6H2. The lowest BCUT2D eigenvalue weighted by molar-refractivity contribution is 0.248. The maximum absolute atomic E-state index is 9.22. The number of aromatic nitrogens is 4. The van der Waals surface area contributed by atoms with E-state index in [0.29, 0.717) is 29.5 Å². The fourth-order valence-electron chi connectivity index (χ4n) is 1.97. The Kier molecular flexibility index (Phi) is 2.53. The predicted octanol–water partition coefficient (Wildman–Crippen LogP) is 0.188. The number of fused-ring (bicyclic) bond motifs is 1. The van der Waals surface area contributed by atoms with Crippen molar-refractivity contribution in [3.05, 3.63) is 17.8 Å². The first-order valence-electron chi connectivity index (χ1n) is 5.77. The third-order valence-corrected chi connectivity index (χ3v) is 2.99. The molecule has 1 aliphatic carbocycles. The van der Waals surface area contributed by atoms with Crippen LogP contribution in [0.15, 0.2) is 6.20 Å². The van der Waals surface area contributed by atoms with Crippen molar-refractivity contribution in [2.45, 2.75) is 31.9 Å². The van der Waals surface area contributed by atoms with Crippen molar-refractivity contribution in [2.75, 3.05) is 6.61 Å². The molecular formula is C11H14N4O2. The third kappa shape index (κ3) is 1.79. The van der Waals surface area contributed by atoms with Crippen molar-refractivity contribution in [2.24, 2.45) is 0 Å². The van der Waals surface area contributed by atoms with Gasteiger partial charge in [-0.05, 0) is 12.8 Å². The first-order chi connectivity index (χ1) is 8.33. The maximum atomic E-state index is 9.22. The highest BCUT2D eigenvalue weighted by Gasteiger charge is 2.27. The summed E-state index contributed by atoms with van der Waals surface area (Å²) in [5, 5.41) is 18.3. The summed E-state index contributed by atoms with van der Waals surface area (Å²) in [5.74, 6) is 1.85. The van der Waals surface area contributed by atoms with Crippen molar-refractivity contribution < 1.29 is 10.2 Å². The third-order valence-electron chi connectivity index (χ3n) is 2.99. The number of imidazole rings is 1. The number of hydrogen-bond acceptors (Lipinski definition) is 5. The van der Waals surface area contributed by atoms with E-state index in [2.05, 4.69) is 15.0 Å². The lowest BCUT2D eigenvalue weighted by Gasteiger charge is -2.04. The minimum absolute atomic E-state index is 0.00122. The van der Waals surface area contributed by atoms with Crippen LogP contribution in [0, 0.1) is 0 Å². The molecule has 0 atom stereocenters. The summed E-state index contributed by atoms with van der Waals surface area (Å²) in [6.07, 6.45) is 3.99. The molecule has 0 aliphatic heterocycles. The largest absolute Gasteiger partial charge is 0.395 e. The SMILES string of the molecule is OCCn1c(CO)nc2cnc(C3CC3)nc21. The van der Waals surface area contributed by atoms with Gasteiger partial charge in [-0.3, -0.25) is 0 Å². The van der Waals surface area contributed by atoms with Crippen molar-refractivity contribution in [1.82, 2.24) is 19.5 Å². The summed E-state index contributed by atoms with van der Waals surface area (Å²) < 4.78 is 1.75. The Morgan fingerprint density at radius 3 is 2.76 bits per heavy atom. The summed E-state index contributed by atoms with van der Waals surface area (Å²) in [5.41, 5.74) is 1.38. The topological polar surface area (TPSA) is 84.1 Å². The van der Waals surface area contributed by atoms with Crippen LogP contribution in [0.2, 0.25) is 0 Å². The molecule has 0 aromatic carbocycles. The molecule has 3 rings (SSSR count). The van der Waals surface area contributed by atoms with E-state index >= 15 is 0 Å². The molecular weight excluding hydrogens is 220 g/mol. The summed E-state index contributed by atoms with van der Waals surface area (Å²) in [7, 11) is 0. The average Bonchev–Trinajstić information content (AvgIpc) is 3.14. The second-order valence-electron chi connectivity index (χ2n) is 4.27. The molecule has 0 bridgehead atoms. The monoisotopic (exact) mass is 234 g/mol. The van der Waals surface area contributed by atoms with Crippen molar-refractivity contribution >= 4 is 11.2 Å². The molecule has 2 N–H and O–H groups in total. The second-order valence-corrected chi connectivity index (χ2v) is 4.27. The van der Waals surface area contributed by atoms with Crippen LogP contribution in [0.1, 0.15) is 30.4 Å². The molecule has 0 unspecified atom stereocenters. The van der Waals surface area contributed by atoms with Gasteiger partial charge >= 0.3 is 0 Å². The van der Waals surface area contributed by atoms with E-state index in [0.717, 1.165) is 18.7 Å². The Morgan fingerprint density at radius 1 is 1.29 bits per heavy atom. The van der Waals surface area contributed by atoms with Crippen LogP contribution in [0.4, 0.5) is 0 Å². The molecule has 2 heterocycles. The van der Waals surface area contributed by atoms with E-state index in [9.17, 15) is 5.11 Å². The van der Waals surface area contributed by atoms with Crippen LogP contribution in [-0.2, 0) is 13.2 Å². The zero-order valence-corrected chi connectivity index (χ0v) is 9.37. The fourth-order valence-corrected chi connectivity index (χ4v) is 1.97. The van der Waals surface area contributed by atoms with Crippen LogP contribution in [0.25, 0.3) is 11.2 Å². The Hall–Kier alpha value is -1.53. The summed E-state index contributed by atoms with van der Waals surface area (Å²) in [4.78, 5) is 13.0. The minimum Gasteiger partial charge on any atom is -0.395 e. The van der Waals surface area contributed by atoms with Gasteiger partial charge in [-0.15, -0.1) is 0 Å². The highest BCUT2D eigenvalue weighted by atomic mass is 16.3. The number of aliphatic hydroxyl groups is 2. The van der Waals surface area contributed by atoms with Crippen LogP contribution in [0.3, 0.4) is 0 Å². The van der Waals surface area contributed by atoms with Crippen molar-refractivity contribution in [3.63, 3.8) is 0 Å². The number of hydrogen-bond donors (Lipinski definition) is 2. The molecule has 0 saturated heterocycles. The first kappa shape index (κ1) is 10.6. The van der Waals surface area contributed by atoms with Gasteiger partial charge in [0.2, 0.25) is 0 Å². The van der Waals surface area contributed by atoms with Gasteiger partial charge in [0.15, 0.2) is 5.65 Å².